The van der Waals surface area contributed by atoms with Crippen molar-refractivity contribution < 1.29 is 0 Å². The first kappa shape index (κ1) is 15.0. The number of aliphatic imine (C=N–C) groups is 1. The summed E-state index contributed by atoms with van der Waals surface area (Å²) in [4.78, 5) is 6.53. The molecule has 0 amide bonds. The standard InChI is InChI=1S/C14H25N3S/c1-5-6-8-17(4)14(15-3)16-10-12(2)13-7-9-18-11-13/h7,9,11-12H,5-6,8,10H2,1-4H3,(H,15,16). The fourth-order valence-corrected chi connectivity index (χ4v) is 2.59. The third-order valence-corrected chi connectivity index (χ3v) is 3.80. The van der Waals surface area contributed by atoms with Crippen LogP contribution in [0.2, 0.25) is 0 Å². The zero-order valence-corrected chi connectivity index (χ0v) is 12.8. The topological polar surface area (TPSA) is 27.6 Å². The first-order chi connectivity index (χ1) is 8.69. The molecule has 1 N–H and O–H groups in total. The van der Waals surface area contributed by atoms with Crippen LogP contribution < -0.4 is 5.32 Å². The smallest absolute Gasteiger partial charge is 0.193 e. The molecular formula is C14H25N3S. The maximum Gasteiger partial charge on any atom is 0.193 e. The maximum atomic E-state index is 4.33. The Morgan fingerprint density at radius 1 is 1.56 bits per heavy atom. The first-order valence-electron chi connectivity index (χ1n) is 6.62. The molecule has 3 nitrogen and oxygen atoms in total. The molecule has 0 spiro atoms. The lowest BCUT2D eigenvalue weighted by atomic mass is 10.1. The molecule has 0 fully saturated rings. The van der Waals surface area contributed by atoms with Gasteiger partial charge in [-0.2, -0.15) is 11.3 Å². The average Bonchev–Trinajstić information content (AvgIpc) is 2.90. The second kappa shape index (κ2) is 8.14. The van der Waals surface area contributed by atoms with E-state index >= 15 is 0 Å². The van der Waals surface area contributed by atoms with Crippen LogP contribution in [0.15, 0.2) is 21.8 Å². The van der Waals surface area contributed by atoms with Crippen molar-refractivity contribution in [1.82, 2.24) is 10.2 Å². The highest BCUT2D eigenvalue weighted by atomic mass is 32.1. The van der Waals surface area contributed by atoms with E-state index in [1.54, 1.807) is 11.3 Å². The van der Waals surface area contributed by atoms with Crippen LogP contribution in [-0.4, -0.2) is 38.0 Å². The van der Waals surface area contributed by atoms with Crippen LogP contribution >= 0.6 is 11.3 Å². The molecule has 0 aliphatic carbocycles. The Morgan fingerprint density at radius 3 is 2.89 bits per heavy atom. The van der Waals surface area contributed by atoms with Gasteiger partial charge in [0.2, 0.25) is 0 Å². The number of rotatable bonds is 6. The van der Waals surface area contributed by atoms with Crippen molar-refractivity contribution in [3.8, 4) is 0 Å². The molecule has 1 unspecified atom stereocenters. The van der Waals surface area contributed by atoms with Crippen molar-refractivity contribution in [2.45, 2.75) is 32.6 Å². The van der Waals surface area contributed by atoms with Crippen LogP contribution in [0.5, 0.6) is 0 Å². The molecule has 18 heavy (non-hydrogen) atoms. The third-order valence-electron chi connectivity index (χ3n) is 3.10. The largest absolute Gasteiger partial charge is 0.356 e. The second-order valence-electron chi connectivity index (χ2n) is 4.66. The van der Waals surface area contributed by atoms with Gasteiger partial charge in [0.05, 0.1) is 0 Å². The number of thiophene rings is 1. The van der Waals surface area contributed by atoms with Crippen LogP contribution in [0.1, 0.15) is 38.2 Å². The maximum absolute atomic E-state index is 4.33. The van der Waals surface area contributed by atoms with E-state index in [1.807, 2.05) is 7.05 Å². The molecule has 102 valence electrons. The molecule has 1 aromatic rings. The predicted octanol–water partition coefficient (Wildman–Crippen LogP) is 3.16. The Balaban J connectivity index is 2.40. The van der Waals surface area contributed by atoms with E-state index in [9.17, 15) is 0 Å². The second-order valence-corrected chi connectivity index (χ2v) is 5.44. The molecule has 0 bridgehead atoms. The fourth-order valence-electron chi connectivity index (χ4n) is 1.80. The van der Waals surface area contributed by atoms with E-state index in [4.69, 9.17) is 0 Å². The van der Waals surface area contributed by atoms with Gasteiger partial charge in [-0.3, -0.25) is 4.99 Å². The summed E-state index contributed by atoms with van der Waals surface area (Å²) in [6.07, 6.45) is 2.42. The van der Waals surface area contributed by atoms with Crippen LogP contribution in [0.25, 0.3) is 0 Å². The molecule has 0 aliphatic rings. The third kappa shape index (κ3) is 4.69. The number of guanidine groups is 1. The van der Waals surface area contributed by atoms with Crippen molar-refractivity contribution in [1.29, 1.82) is 0 Å². The minimum atomic E-state index is 0.521. The van der Waals surface area contributed by atoms with E-state index in [1.165, 1.54) is 18.4 Å². The zero-order chi connectivity index (χ0) is 13.4. The molecule has 1 heterocycles. The normalized spacial score (nSPS) is 13.4. The lowest BCUT2D eigenvalue weighted by Gasteiger charge is -2.23. The van der Waals surface area contributed by atoms with Crippen LogP contribution in [0.3, 0.4) is 0 Å². The van der Waals surface area contributed by atoms with Crippen molar-refractivity contribution in [2.75, 3.05) is 27.2 Å². The summed E-state index contributed by atoms with van der Waals surface area (Å²) >= 11 is 1.76. The van der Waals surface area contributed by atoms with Crippen LogP contribution in [-0.2, 0) is 0 Å². The molecule has 4 heteroatoms. The first-order valence-corrected chi connectivity index (χ1v) is 7.57. The van der Waals surface area contributed by atoms with Gasteiger partial charge >= 0.3 is 0 Å². The summed E-state index contributed by atoms with van der Waals surface area (Å²) < 4.78 is 0. The van der Waals surface area contributed by atoms with Gasteiger partial charge < -0.3 is 10.2 Å². The van der Waals surface area contributed by atoms with Gasteiger partial charge in [0.25, 0.3) is 0 Å². The summed E-state index contributed by atoms with van der Waals surface area (Å²) in [5, 5.41) is 7.80. The van der Waals surface area contributed by atoms with Crippen LogP contribution in [0.4, 0.5) is 0 Å². The molecule has 0 saturated carbocycles. The van der Waals surface area contributed by atoms with Crippen molar-refractivity contribution in [2.24, 2.45) is 4.99 Å². The van der Waals surface area contributed by atoms with Gasteiger partial charge in [0.1, 0.15) is 0 Å². The molecule has 1 aromatic heterocycles. The Bertz CT molecular complexity index is 346. The number of hydrogen-bond donors (Lipinski definition) is 1. The van der Waals surface area contributed by atoms with E-state index in [-0.39, 0.29) is 0 Å². The summed E-state index contributed by atoms with van der Waals surface area (Å²) in [5.41, 5.74) is 1.40. The molecule has 0 saturated heterocycles. The predicted molar refractivity (Wildman–Crippen MR) is 81.6 cm³/mol. The highest BCUT2D eigenvalue weighted by Crippen LogP contribution is 2.17. The highest BCUT2D eigenvalue weighted by Gasteiger charge is 2.09. The van der Waals surface area contributed by atoms with E-state index in [0.29, 0.717) is 5.92 Å². The van der Waals surface area contributed by atoms with Gasteiger partial charge in [-0.15, -0.1) is 0 Å². The Kier molecular flexibility index (Phi) is 6.80. The minimum Gasteiger partial charge on any atom is -0.356 e. The lowest BCUT2D eigenvalue weighted by Crippen LogP contribution is -2.40. The summed E-state index contributed by atoms with van der Waals surface area (Å²) in [6, 6.07) is 2.20. The number of nitrogens with one attached hydrogen (secondary N) is 1. The minimum absolute atomic E-state index is 0.521. The van der Waals surface area contributed by atoms with Crippen molar-refractivity contribution in [3.63, 3.8) is 0 Å². The number of hydrogen-bond acceptors (Lipinski definition) is 2. The summed E-state index contributed by atoms with van der Waals surface area (Å²) in [5.74, 6) is 1.51. The van der Waals surface area contributed by atoms with Gasteiger partial charge in [-0.05, 0) is 34.7 Å². The van der Waals surface area contributed by atoms with Crippen molar-refractivity contribution >= 4 is 17.3 Å². The lowest BCUT2D eigenvalue weighted by molar-refractivity contribution is 0.462. The quantitative estimate of drug-likeness (QED) is 0.633. The fraction of sp³-hybridized carbons (Fsp3) is 0.643. The molecule has 0 radical (unpaired) electrons. The zero-order valence-electron chi connectivity index (χ0n) is 11.9. The van der Waals surface area contributed by atoms with E-state index in [0.717, 1.165) is 19.0 Å². The Hall–Kier alpha value is -1.03. The summed E-state index contributed by atoms with van der Waals surface area (Å²) in [6.45, 7) is 6.44. The Labute approximate surface area is 115 Å². The molecule has 1 rings (SSSR count). The molecule has 1 atom stereocenters. The molecular weight excluding hydrogens is 242 g/mol. The number of nitrogens with zero attached hydrogens (tertiary/aromatic N) is 2. The Morgan fingerprint density at radius 2 is 2.33 bits per heavy atom. The van der Waals surface area contributed by atoms with Gasteiger partial charge in [0, 0.05) is 27.2 Å². The molecule has 0 aromatic carbocycles. The van der Waals surface area contributed by atoms with E-state index in [2.05, 4.69) is 52.9 Å². The van der Waals surface area contributed by atoms with Gasteiger partial charge in [-0.25, -0.2) is 0 Å². The number of unbranched alkanes of at least 4 members (excludes halogenated alkanes) is 1. The van der Waals surface area contributed by atoms with Crippen molar-refractivity contribution in [3.05, 3.63) is 22.4 Å². The SMILES string of the molecule is CCCCN(C)C(=NC)NCC(C)c1ccsc1. The monoisotopic (exact) mass is 267 g/mol. The van der Waals surface area contributed by atoms with Crippen LogP contribution in [0, 0.1) is 0 Å². The van der Waals surface area contributed by atoms with Gasteiger partial charge in [-0.1, -0.05) is 20.3 Å². The van der Waals surface area contributed by atoms with E-state index < -0.39 is 0 Å². The average molecular weight is 267 g/mol. The summed E-state index contributed by atoms with van der Waals surface area (Å²) in [7, 11) is 3.94. The van der Waals surface area contributed by atoms with Gasteiger partial charge in [0.15, 0.2) is 5.96 Å². The molecule has 0 aliphatic heterocycles. The highest BCUT2D eigenvalue weighted by molar-refractivity contribution is 7.07.